The molecule has 0 unspecified atom stereocenters. The van der Waals surface area contributed by atoms with Crippen LogP contribution >= 0.6 is 0 Å². The molecule has 2 fully saturated rings. The summed E-state index contributed by atoms with van der Waals surface area (Å²) in [5, 5.41) is 2.97. The largest absolute Gasteiger partial charge is 0.440 e. The van der Waals surface area contributed by atoms with Gasteiger partial charge < -0.3 is 14.6 Å². The fourth-order valence-electron chi connectivity index (χ4n) is 4.10. The Morgan fingerprint density at radius 3 is 2.48 bits per heavy atom. The lowest BCUT2D eigenvalue weighted by molar-refractivity contribution is 0.0791. The van der Waals surface area contributed by atoms with Gasteiger partial charge in [0.05, 0.1) is 0 Å². The summed E-state index contributed by atoms with van der Waals surface area (Å²) in [6.07, 6.45) is 4.09. The SMILES string of the molecule is Cc1c(NC(=O)c2nc(-c3ccccc3)oc2C2CC2)cccc1C(=O)N1CCCC1. The Balaban J connectivity index is 1.42. The summed E-state index contributed by atoms with van der Waals surface area (Å²) >= 11 is 0. The summed E-state index contributed by atoms with van der Waals surface area (Å²) in [7, 11) is 0. The Kier molecular flexibility index (Phi) is 5.06. The van der Waals surface area contributed by atoms with Crippen molar-refractivity contribution in [1.82, 2.24) is 9.88 Å². The highest BCUT2D eigenvalue weighted by Crippen LogP contribution is 2.43. The molecule has 2 amide bonds. The van der Waals surface area contributed by atoms with Gasteiger partial charge in [-0.2, -0.15) is 0 Å². The van der Waals surface area contributed by atoms with Crippen molar-refractivity contribution >= 4 is 17.5 Å². The molecule has 0 spiro atoms. The Morgan fingerprint density at radius 1 is 1.03 bits per heavy atom. The second kappa shape index (κ2) is 8.02. The minimum atomic E-state index is -0.304. The third-order valence-electron chi connectivity index (χ3n) is 6.04. The van der Waals surface area contributed by atoms with Crippen LogP contribution in [-0.2, 0) is 0 Å². The molecular formula is C25H25N3O3. The van der Waals surface area contributed by atoms with Gasteiger partial charge in [0.25, 0.3) is 11.8 Å². The van der Waals surface area contributed by atoms with Gasteiger partial charge >= 0.3 is 0 Å². The van der Waals surface area contributed by atoms with E-state index in [0.29, 0.717) is 28.6 Å². The van der Waals surface area contributed by atoms with Crippen LogP contribution in [0.5, 0.6) is 0 Å². The van der Waals surface area contributed by atoms with Crippen molar-refractivity contribution in [3.63, 3.8) is 0 Å². The number of likely N-dealkylation sites (tertiary alicyclic amines) is 1. The second-order valence-electron chi connectivity index (χ2n) is 8.30. The number of nitrogens with zero attached hydrogens (tertiary/aromatic N) is 2. The predicted octanol–water partition coefficient (Wildman–Crippen LogP) is 5.02. The summed E-state index contributed by atoms with van der Waals surface area (Å²) < 4.78 is 6.01. The molecule has 0 atom stereocenters. The van der Waals surface area contributed by atoms with Crippen LogP contribution in [0.4, 0.5) is 5.69 Å². The van der Waals surface area contributed by atoms with Gasteiger partial charge in [-0.15, -0.1) is 0 Å². The maximum absolute atomic E-state index is 13.2. The molecule has 1 aliphatic carbocycles. The number of aromatic nitrogens is 1. The first-order chi connectivity index (χ1) is 15.1. The number of amides is 2. The van der Waals surface area contributed by atoms with Crippen LogP contribution in [0.3, 0.4) is 0 Å². The van der Waals surface area contributed by atoms with E-state index in [2.05, 4.69) is 10.3 Å². The van der Waals surface area contributed by atoms with Crippen molar-refractivity contribution in [2.24, 2.45) is 0 Å². The molecule has 1 aromatic heterocycles. The normalized spacial score (nSPS) is 15.8. The van der Waals surface area contributed by atoms with Crippen molar-refractivity contribution < 1.29 is 14.0 Å². The molecule has 0 bridgehead atoms. The van der Waals surface area contributed by atoms with E-state index < -0.39 is 0 Å². The predicted molar refractivity (Wildman–Crippen MR) is 118 cm³/mol. The lowest BCUT2D eigenvalue weighted by atomic mass is 10.1. The maximum Gasteiger partial charge on any atom is 0.277 e. The Labute approximate surface area is 181 Å². The van der Waals surface area contributed by atoms with E-state index >= 15 is 0 Å². The van der Waals surface area contributed by atoms with Crippen LogP contribution in [0, 0.1) is 6.92 Å². The van der Waals surface area contributed by atoms with E-state index in [9.17, 15) is 9.59 Å². The summed E-state index contributed by atoms with van der Waals surface area (Å²) in [6, 6.07) is 15.1. The molecule has 31 heavy (non-hydrogen) atoms. The van der Waals surface area contributed by atoms with Crippen LogP contribution in [-0.4, -0.2) is 34.8 Å². The van der Waals surface area contributed by atoms with E-state index in [1.165, 1.54) is 0 Å². The standard InChI is InChI=1S/C25H25N3O3/c1-16-19(25(30)28-14-5-6-15-28)10-7-11-20(16)26-23(29)21-22(17-12-13-17)31-24(27-21)18-8-3-2-4-9-18/h2-4,7-11,17H,5-6,12-15H2,1H3,(H,26,29). The molecule has 5 rings (SSSR count). The smallest absolute Gasteiger partial charge is 0.277 e. The summed E-state index contributed by atoms with van der Waals surface area (Å²) in [5.74, 6) is 1.08. The lowest BCUT2D eigenvalue weighted by Crippen LogP contribution is -2.28. The fraction of sp³-hybridized carbons (Fsp3) is 0.320. The third-order valence-corrected chi connectivity index (χ3v) is 6.04. The van der Waals surface area contributed by atoms with Gasteiger partial charge in [0.1, 0.15) is 5.76 Å². The van der Waals surface area contributed by atoms with Gasteiger partial charge in [-0.1, -0.05) is 24.3 Å². The highest BCUT2D eigenvalue weighted by atomic mass is 16.4. The number of oxazole rings is 1. The third kappa shape index (κ3) is 3.85. The molecule has 0 radical (unpaired) electrons. The monoisotopic (exact) mass is 415 g/mol. The summed E-state index contributed by atoms with van der Waals surface area (Å²) in [6.45, 7) is 3.46. The molecule has 1 N–H and O–H groups in total. The average molecular weight is 415 g/mol. The summed E-state index contributed by atoms with van der Waals surface area (Å²) in [4.78, 5) is 32.5. The van der Waals surface area contributed by atoms with E-state index in [1.807, 2.05) is 60.4 Å². The average Bonchev–Trinajstić information content (AvgIpc) is 3.30. The minimum Gasteiger partial charge on any atom is -0.440 e. The van der Waals surface area contributed by atoms with E-state index in [4.69, 9.17) is 4.42 Å². The number of hydrogen-bond acceptors (Lipinski definition) is 4. The number of anilines is 1. The molecule has 2 aromatic carbocycles. The Bertz CT molecular complexity index is 1130. The van der Waals surface area contributed by atoms with Crippen LogP contribution in [0.15, 0.2) is 52.9 Å². The van der Waals surface area contributed by atoms with Gasteiger partial charge in [-0.3, -0.25) is 9.59 Å². The zero-order valence-electron chi connectivity index (χ0n) is 17.6. The first kappa shape index (κ1) is 19.5. The zero-order chi connectivity index (χ0) is 21.4. The molecule has 1 saturated heterocycles. The highest BCUT2D eigenvalue weighted by Gasteiger charge is 2.34. The van der Waals surface area contributed by atoms with Gasteiger partial charge in [-0.25, -0.2) is 4.98 Å². The number of benzene rings is 2. The van der Waals surface area contributed by atoms with Crippen molar-refractivity contribution in [1.29, 1.82) is 0 Å². The van der Waals surface area contributed by atoms with Crippen molar-refractivity contribution in [3.8, 4) is 11.5 Å². The molecule has 2 heterocycles. The van der Waals surface area contributed by atoms with Crippen molar-refractivity contribution in [2.45, 2.75) is 38.5 Å². The van der Waals surface area contributed by atoms with Crippen LogP contribution in [0.2, 0.25) is 0 Å². The molecule has 6 heteroatoms. The first-order valence-corrected chi connectivity index (χ1v) is 10.9. The fourth-order valence-corrected chi connectivity index (χ4v) is 4.10. The van der Waals surface area contributed by atoms with Gasteiger partial charge in [0, 0.05) is 35.8 Å². The van der Waals surface area contributed by atoms with Crippen molar-refractivity contribution in [2.75, 3.05) is 18.4 Å². The maximum atomic E-state index is 13.2. The number of hydrogen-bond donors (Lipinski definition) is 1. The lowest BCUT2D eigenvalue weighted by Gasteiger charge is -2.18. The number of nitrogens with one attached hydrogen (secondary N) is 1. The summed E-state index contributed by atoms with van der Waals surface area (Å²) in [5.41, 5.74) is 3.20. The van der Waals surface area contributed by atoms with Crippen LogP contribution < -0.4 is 5.32 Å². The molecule has 3 aromatic rings. The first-order valence-electron chi connectivity index (χ1n) is 10.9. The van der Waals surface area contributed by atoms with Gasteiger partial charge in [-0.05, 0) is 62.4 Å². The van der Waals surface area contributed by atoms with Gasteiger partial charge in [0.2, 0.25) is 5.89 Å². The van der Waals surface area contributed by atoms with E-state index in [-0.39, 0.29) is 17.7 Å². The molecule has 1 aliphatic heterocycles. The minimum absolute atomic E-state index is 0.0255. The second-order valence-corrected chi connectivity index (χ2v) is 8.30. The zero-order valence-corrected chi connectivity index (χ0v) is 17.6. The molecule has 6 nitrogen and oxygen atoms in total. The quantitative estimate of drug-likeness (QED) is 0.635. The van der Waals surface area contributed by atoms with Gasteiger partial charge in [0.15, 0.2) is 5.69 Å². The van der Waals surface area contributed by atoms with E-state index in [1.54, 1.807) is 0 Å². The Hall–Kier alpha value is -3.41. The number of rotatable bonds is 5. The van der Waals surface area contributed by atoms with Crippen LogP contribution in [0.1, 0.15) is 63.8 Å². The molecule has 1 saturated carbocycles. The molecule has 158 valence electrons. The number of carbonyl (C=O) groups excluding carboxylic acids is 2. The highest BCUT2D eigenvalue weighted by molar-refractivity contribution is 6.06. The molecular weight excluding hydrogens is 390 g/mol. The van der Waals surface area contributed by atoms with Crippen molar-refractivity contribution in [3.05, 3.63) is 71.1 Å². The van der Waals surface area contributed by atoms with Crippen LogP contribution in [0.25, 0.3) is 11.5 Å². The molecule has 2 aliphatic rings. The topological polar surface area (TPSA) is 75.4 Å². The van der Waals surface area contributed by atoms with E-state index in [0.717, 1.165) is 49.9 Å². The Morgan fingerprint density at radius 2 is 1.77 bits per heavy atom. The number of carbonyl (C=O) groups is 2.